The van der Waals surface area contributed by atoms with Crippen molar-refractivity contribution < 1.29 is 19.4 Å². The first-order valence-corrected chi connectivity index (χ1v) is 9.11. The van der Waals surface area contributed by atoms with Gasteiger partial charge in [0.25, 0.3) is 0 Å². The second-order valence-electron chi connectivity index (χ2n) is 6.57. The third kappa shape index (κ3) is 3.80. The molecule has 0 bridgehead atoms. The van der Waals surface area contributed by atoms with Gasteiger partial charge in [0.2, 0.25) is 5.95 Å². The zero-order valence-corrected chi connectivity index (χ0v) is 15.0. The van der Waals surface area contributed by atoms with E-state index in [0.717, 1.165) is 13.0 Å². The summed E-state index contributed by atoms with van der Waals surface area (Å²) >= 11 is 0. The van der Waals surface area contributed by atoms with Gasteiger partial charge in [-0.3, -0.25) is 9.69 Å². The first-order chi connectivity index (χ1) is 13.2. The molecule has 1 fully saturated rings. The van der Waals surface area contributed by atoms with E-state index in [0.29, 0.717) is 55.9 Å². The topological polar surface area (TPSA) is 88.0 Å². The summed E-state index contributed by atoms with van der Waals surface area (Å²) in [6.07, 6.45) is 4.28. The van der Waals surface area contributed by atoms with Gasteiger partial charge in [-0.1, -0.05) is 6.07 Å². The minimum atomic E-state index is -0.865. The highest BCUT2D eigenvalue weighted by molar-refractivity contribution is 5.76. The third-order valence-corrected chi connectivity index (χ3v) is 4.85. The molecule has 2 aromatic rings. The monoisotopic (exact) mass is 370 g/mol. The van der Waals surface area contributed by atoms with Crippen LogP contribution in [0.4, 0.5) is 5.95 Å². The number of anilines is 1. The van der Waals surface area contributed by atoms with E-state index < -0.39 is 12.0 Å². The molecule has 1 N–H and O–H groups in total. The van der Waals surface area contributed by atoms with Gasteiger partial charge in [0.15, 0.2) is 11.5 Å². The van der Waals surface area contributed by atoms with Crippen LogP contribution in [-0.2, 0) is 4.79 Å². The van der Waals surface area contributed by atoms with E-state index in [2.05, 4.69) is 14.9 Å². The number of hydrogen-bond donors (Lipinski definition) is 1. The molecule has 1 saturated heterocycles. The van der Waals surface area contributed by atoms with Crippen molar-refractivity contribution in [1.82, 2.24) is 14.9 Å². The third-order valence-electron chi connectivity index (χ3n) is 4.85. The second kappa shape index (κ2) is 7.79. The molecule has 8 heteroatoms. The van der Waals surface area contributed by atoms with Gasteiger partial charge in [-0.15, -0.1) is 0 Å². The summed E-state index contributed by atoms with van der Waals surface area (Å²) in [5, 5.41) is 9.91. The second-order valence-corrected chi connectivity index (χ2v) is 6.57. The van der Waals surface area contributed by atoms with Crippen molar-refractivity contribution in [2.75, 3.05) is 44.3 Å². The van der Waals surface area contributed by atoms with Crippen LogP contribution >= 0.6 is 0 Å². The summed E-state index contributed by atoms with van der Waals surface area (Å²) in [5.74, 6) is 1.10. The highest BCUT2D eigenvalue weighted by Crippen LogP contribution is 2.34. The van der Waals surface area contributed by atoms with E-state index in [4.69, 9.17) is 9.47 Å². The number of nitrogens with zero attached hydrogens (tertiary/aromatic N) is 4. The van der Waals surface area contributed by atoms with Crippen molar-refractivity contribution in [3.05, 3.63) is 42.2 Å². The van der Waals surface area contributed by atoms with E-state index in [-0.39, 0.29) is 0 Å². The quantitative estimate of drug-likeness (QED) is 0.868. The van der Waals surface area contributed by atoms with E-state index in [1.54, 1.807) is 30.6 Å². The molecule has 0 radical (unpaired) electrons. The summed E-state index contributed by atoms with van der Waals surface area (Å²) in [4.78, 5) is 24.8. The predicted octanol–water partition coefficient (Wildman–Crippen LogP) is 1.59. The molecule has 3 heterocycles. The predicted molar refractivity (Wildman–Crippen MR) is 98.2 cm³/mol. The van der Waals surface area contributed by atoms with Crippen LogP contribution in [-0.4, -0.2) is 65.3 Å². The molecular weight excluding hydrogens is 348 g/mol. The SMILES string of the molecule is O=C(O)C(c1ccc2c(c1)OCCO2)N1CCCN(c2ncccn2)CC1. The van der Waals surface area contributed by atoms with E-state index in [9.17, 15) is 9.90 Å². The van der Waals surface area contributed by atoms with Crippen LogP contribution < -0.4 is 14.4 Å². The summed E-state index contributed by atoms with van der Waals surface area (Å²) < 4.78 is 11.2. The Morgan fingerprint density at radius 2 is 1.81 bits per heavy atom. The number of aliphatic carboxylic acids is 1. The molecule has 8 nitrogen and oxygen atoms in total. The van der Waals surface area contributed by atoms with Crippen LogP contribution in [0.3, 0.4) is 0 Å². The van der Waals surface area contributed by atoms with E-state index in [1.165, 1.54) is 0 Å². The molecule has 2 aliphatic rings. The summed E-state index contributed by atoms with van der Waals surface area (Å²) in [6.45, 7) is 3.77. The molecule has 142 valence electrons. The zero-order valence-electron chi connectivity index (χ0n) is 15.0. The minimum Gasteiger partial charge on any atom is -0.486 e. The Bertz CT molecular complexity index is 802. The Hall–Kier alpha value is -2.87. The fourth-order valence-electron chi connectivity index (χ4n) is 3.59. The van der Waals surface area contributed by atoms with Crippen LogP contribution in [0.25, 0.3) is 0 Å². The molecule has 1 unspecified atom stereocenters. The fourth-order valence-corrected chi connectivity index (χ4v) is 3.59. The van der Waals surface area contributed by atoms with Gasteiger partial charge in [-0.2, -0.15) is 0 Å². The minimum absolute atomic E-state index is 0.476. The highest BCUT2D eigenvalue weighted by Gasteiger charge is 2.30. The number of carboxylic acids is 1. The molecular formula is C19H22N4O4. The highest BCUT2D eigenvalue weighted by atomic mass is 16.6. The zero-order chi connectivity index (χ0) is 18.6. The smallest absolute Gasteiger partial charge is 0.325 e. The van der Waals surface area contributed by atoms with Crippen LogP contribution in [0.15, 0.2) is 36.7 Å². The van der Waals surface area contributed by atoms with Gasteiger partial charge in [0.1, 0.15) is 19.3 Å². The van der Waals surface area contributed by atoms with Gasteiger partial charge in [-0.25, -0.2) is 9.97 Å². The first kappa shape index (κ1) is 17.5. The van der Waals surface area contributed by atoms with Crippen LogP contribution in [0.2, 0.25) is 0 Å². The lowest BCUT2D eigenvalue weighted by Gasteiger charge is -2.29. The van der Waals surface area contributed by atoms with Crippen LogP contribution in [0.5, 0.6) is 11.5 Å². The van der Waals surface area contributed by atoms with Crippen molar-refractivity contribution >= 4 is 11.9 Å². The Morgan fingerprint density at radius 3 is 2.59 bits per heavy atom. The molecule has 1 atom stereocenters. The van der Waals surface area contributed by atoms with Gasteiger partial charge < -0.3 is 19.5 Å². The lowest BCUT2D eigenvalue weighted by atomic mass is 10.0. The van der Waals surface area contributed by atoms with Crippen LogP contribution in [0.1, 0.15) is 18.0 Å². The largest absolute Gasteiger partial charge is 0.486 e. The summed E-state index contributed by atoms with van der Waals surface area (Å²) in [7, 11) is 0. The van der Waals surface area contributed by atoms with Gasteiger partial charge in [-0.05, 0) is 30.2 Å². The first-order valence-electron chi connectivity index (χ1n) is 9.11. The average molecular weight is 370 g/mol. The Balaban J connectivity index is 1.53. The number of ether oxygens (including phenoxy) is 2. The van der Waals surface area contributed by atoms with Gasteiger partial charge in [0.05, 0.1) is 0 Å². The Kier molecular flexibility index (Phi) is 5.06. The number of hydrogen-bond acceptors (Lipinski definition) is 7. The van der Waals surface area contributed by atoms with Crippen molar-refractivity contribution in [2.45, 2.75) is 12.5 Å². The molecule has 0 amide bonds. The number of rotatable bonds is 4. The maximum absolute atomic E-state index is 12.1. The molecule has 0 spiro atoms. The molecule has 1 aromatic carbocycles. The molecule has 0 aliphatic carbocycles. The Morgan fingerprint density at radius 1 is 1.04 bits per heavy atom. The maximum atomic E-state index is 12.1. The lowest BCUT2D eigenvalue weighted by Crippen LogP contribution is -2.37. The molecule has 1 aromatic heterocycles. The molecule has 27 heavy (non-hydrogen) atoms. The lowest BCUT2D eigenvalue weighted by molar-refractivity contribution is -0.143. The standard InChI is InChI=1S/C19H22N4O4/c24-18(25)17(14-3-4-15-16(13-14)27-12-11-26-15)22-7-2-8-23(10-9-22)19-20-5-1-6-21-19/h1,3-6,13,17H,2,7-12H2,(H,24,25). The van der Waals surface area contributed by atoms with Gasteiger partial charge in [0, 0.05) is 38.6 Å². The number of benzene rings is 1. The normalized spacial score (nSPS) is 18.6. The summed E-state index contributed by atoms with van der Waals surface area (Å²) in [6, 6.07) is 6.46. The van der Waals surface area contributed by atoms with Crippen molar-refractivity contribution in [1.29, 1.82) is 0 Å². The van der Waals surface area contributed by atoms with E-state index in [1.807, 2.05) is 11.0 Å². The number of carboxylic acid groups (broad SMARTS) is 1. The number of carbonyl (C=O) groups is 1. The van der Waals surface area contributed by atoms with Crippen molar-refractivity contribution in [2.24, 2.45) is 0 Å². The molecule has 0 saturated carbocycles. The summed E-state index contributed by atoms with van der Waals surface area (Å²) in [5.41, 5.74) is 0.705. The fraction of sp³-hybridized carbons (Fsp3) is 0.421. The van der Waals surface area contributed by atoms with Gasteiger partial charge >= 0.3 is 5.97 Å². The van der Waals surface area contributed by atoms with Crippen molar-refractivity contribution in [3.63, 3.8) is 0 Å². The number of fused-ring (bicyclic) bond motifs is 1. The molecule has 4 rings (SSSR count). The Labute approximate surface area is 157 Å². The van der Waals surface area contributed by atoms with Crippen LogP contribution in [0, 0.1) is 0 Å². The molecule has 2 aliphatic heterocycles. The average Bonchev–Trinajstić information content (AvgIpc) is 2.95. The number of aromatic nitrogens is 2. The maximum Gasteiger partial charge on any atom is 0.325 e. The van der Waals surface area contributed by atoms with E-state index >= 15 is 0 Å². The van der Waals surface area contributed by atoms with Crippen molar-refractivity contribution in [3.8, 4) is 11.5 Å².